The molecule has 0 radical (unpaired) electrons. The third-order valence-electron chi connectivity index (χ3n) is 3.38. The van der Waals surface area contributed by atoms with Gasteiger partial charge >= 0.3 is 0 Å². The number of nitrogens with one attached hydrogen (secondary N) is 1. The molecule has 1 fully saturated rings. The molecule has 0 unspecified atom stereocenters. The molecule has 0 aromatic carbocycles. The third kappa shape index (κ3) is 2.93. The van der Waals surface area contributed by atoms with Crippen LogP contribution in [0.3, 0.4) is 0 Å². The van der Waals surface area contributed by atoms with E-state index in [1.54, 1.807) is 19.9 Å². The Morgan fingerprint density at radius 1 is 1.28 bits per heavy atom. The Hall–Kier alpha value is -0.850. The normalized spacial score (nSPS) is 25.3. The van der Waals surface area contributed by atoms with Crippen molar-refractivity contribution >= 4 is 10.0 Å². The molecule has 5 nitrogen and oxygen atoms in total. The Morgan fingerprint density at radius 2 is 1.89 bits per heavy atom. The fourth-order valence-electron chi connectivity index (χ4n) is 2.39. The topological polar surface area (TPSA) is 85.3 Å². The van der Waals surface area contributed by atoms with Crippen LogP contribution in [0.2, 0.25) is 0 Å². The average molecular weight is 272 g/mol. The Labute approximate surface area is 108 Å². The van der Waals surface area contributed by atoms with Crippen LogP contribution >= 0.6 is 0 Å². The molecule has 0 spiro atoms. The third-order valence-corrected chi connectivity index (χ3v) is 5.01. The number of hydrogen-bond acceptors (Lipinski definition) is 4. The Morgan fingerprint density at radius 3 is 2.39 bits per heavy atom. The first-order chi connectivity index (χ1) is 8.38. The largest absolute Gasteiger partial charge is 0.465 e. The second-order valence-electron chi connectivity index (χ2n) is 5.01. The number of furan rings is 1. The fourth-order valence-corrected chi connectivity index (χ4v) is 3.94. The monoisotopic (exact) mass is 272 g/mol. The molecular weight excluding hydrogens is 252 g/mol. The van der Waals surface area contributed by atoms with Crippen molar-refractivity contribution in [3.8, 4) is 0 Å². The number of sulfonamides is 1. The van der Waals surface area contributed by atoms with E-state index in [1.165, 1.54) is 0 Å². The predicted octanol–water partition coefficient (Wildman–Crippen LogP) is 1.44. The summed E-state index contributed by atoms with van der Waals surface area (Å²) in [7, 11) is -3.47. The zero-order valence-electron chi connectivity index (χ0n) is 10.8. The zero-order valence-corrected chi connectivity index (χ0v) is 11.6. The van der Waals surface area contributed by atoms with E-state index in [-0.39, 0.29) is 17.0 Å². The van der Waals surface area contributed by atoms with Gasteiger partial charge in [0, 0.05) is 12.1 Å². The van der Waals surface area contributed by atoms with Crippen molar-refractivity contribution in [2.45, 2.75) is 56.5 Å². The molecule has 1 aromatic rings. The van der Waals surface area contributed by atoms with Gasteiger partial charge in [-0.15, -0.1) is 0 Å². The lowest BCUT2D eigenvalue weighted by Gasteiger charge is -2.26. The first kappa shape index (κ1) is 13.6. The summed E-state index contributed by atoms with van der Waals surface area (Å²) in [6.07, 6.45) is 3.35. The van der Waals surface area contributed by atoms with Crippen LogP contribution in [0.25, 0.3) is 0 Å². The molecule has 0 bridgehead atoms. The van der Waals surface area contributed by atoms with Gasteiger partial charge in [-0.25, -0.2) is 13.1 Å². The van der Waals surface area contributed by atoms with Gasteiger partial charge in [0.2, 0.25) is 10.0 Å². The van der Waals surface area contributed by atoms with E-state index in [9.17, 15) is 8.42 Å². The van der Waals surface area contributed by atoms with Crippen LogP contribution in [-0.2, 0) is 10.0 Å². The van der Waals surface area contributed by atoms with Gasteiger partial charge in [0.1, 0.15) is 16.4 Å². The van der Waals surface area contributed by atoms with Gasteiger partial charge in [0.15, 0.2) is 0 Å². The highest BCUT2D eigenvalue weighted by Crippen LogP contribution is 2.22. The molecule has 0 amide bonds. The molecule has 0 atom stereocenters. The van der Waals surface area contributed by atoms with Crippen LogP contribution in [0.1, 0.15) is 37.2 Å². The maximum atomic E-state index is 12.2. The second-order valence-corrected chi connectivity index (χ2v) is 6.69. The van der Waals surface area contributed by atoms with Crippen LogP contribution in [0.4, 0.5) is 0 Å². The quantitative estimate of drug-likeness (QED) is 0.872. The average Bonchev–Trinajstić information content (AvgIpc) is 2.62. The van der Waals surface area contributed by atoms with Crippen LogP contribution < -0.4 is 10.5 Å². The summed E-state index contributed by atoms with van der Waals surface area (Å²) >= 11 is 0. The number of rotatable bonds is 3. The van der Waals surface area contributed by atoms with E-state index in [4.69, 9.17) is 10.2 Å². The molecule has 18 heavy (non-hydrogen) atoms. The van der Waals surface area contributed by atoms with E-state index >= 15 is 0 Å². The number of aryl methyl sites for hydroxylation is 2. The van der Waals surface area contributed by atoms with Gasteiger partial charge in [0.05, 0.1) is 0 Å². The standard InChI is InChI=1S/C12H20N2O3S/c1-8-7-12(9(2)17-8)18(15,16)14-11-5-3-10(13)4-6-11/h7,10-11,14H,3-6,13H2,1-2H3. The van der Waals surface area contributed by atoms with Crippen LogP contribution in [-0.4, -0.2) is 20.5 Å². The van der Waals surface area contributed by atoms with Crippen molar-refractivity contribution in [1.82, 2.24) is 4.72 Å². The Balaban J connectivity index is 2.10. The predicted molar refractivity (Wildman–Crippen MR) is 68.7 cm³/mol. The van der Waals surface area contributed by atoms with Crippen molar-refractivity contribution in [1.29, 1.82) is 0 Å². The first-order valence-electron chi connectivity index (χ1n) is 6.23. The van der Waals surface area contributed by atoms with Crippen LogP contribution in [0.15, 0.2) is 15.4 Å². The Bertz CT molecular complexity index is 513. The molecule has 102 valence electrons. The molecular formula is C12H20N2O3S. The summed E-state index contributed by atoms with van der Waals surface area (Å²) < 4.78 is 32.4. The van der Waals surface area contributed by atoms with Gasteiger partial charge in [-0.2, -0.15) is 0 Å². The van der Waals surface area contributed by atoms with E-state index < -0.39 is 10.0 Å². The van der Waals surface area contributed by atoms with Crippen molar-refractivity contribution in [2.75, 3.05) is 0 Å². The second kappa shape index (κ2) is 5.03. The van der Waals surface area contributed by atoms with Crippen LogP contribution in [0, 0.1) is 13.8 Å². The molecule has 1 aliphatic carbocycles. The lowest BCUT2D eigenvalue weighted by Crippen LogP contribution is -2.40. The molecule has 0 saturated heterocycles. The van der Waals surface area contributed by atoms with Gasteiger partial charge in [-0.3, -0.25) is 0 Å². The van der Waals surface area contributed by atoms with E-state index in [1.807, 2.05) is 0 Å². The zero-order chi connectivity index (χ0) is 13.3. The first-order valence-corrected chi connectivity index (χ1v) is 7.72. The molecule has 3 N–H and O–H groups in total. The minimum atomic E-state index is -3.47. The lowest BCUT2D eigenvalue weighted by atomic mass is 9.93. The smallest absolute Gasteiger partial charge is 0.244 e. The molecule has 1 aromatic heterocycles. The lowest BCUT2D eigenvalue weighted by molar-refractivity contribution is 0.373. The van der Waals surface area contributed by atoms with Gasteiger partial charge < -0.3 is 10.2 Å². The highest BCUT2D eigenvalue weighted by Gasteiger charge is 2.26. The number of nitrogens with two attached hydrogens (primary N) is 1. The van der Waals surface area contributed by atoms with Crippen molar-refractivity contribution in [3.63, 3.8) is 0 Å². The molecule has 1 heterocycles. The van der Waals surface area contributed by atoms with Gasteiger partial charge in [-0.05, 0) is 45.6 Å². The summed E-state index contributed by atoms with van der Waals surface area (Å²) in [6.45, 7) is 3.41. The SMILES string of the molecule is Cc1cc(S(=O)(=O)NC2CCC(N)CC2)c(C)o1. The van der Waals surface area contributed by atoms with Gasteiger partial charge in [-0.1, -0.05) is 0 Å². The van der Waals surface area contributed by atoms with Crippen LogP contribution in [0.5, 0.6) is 0 Å². The number of hydrogen-bond donors (Lipinski definition) is 2. The minimum absolute atomic E-state index is 0.00981. The van der Waals surface area contributed by atoms with Gasteiger partial charge in [0.25, 0.3) is 0 Å². The summed E-state index contributed by atoms with van der Waals surface area (Å²) in [5.74, 6) is 1.05. The van der Waals surface area contributed by atoms with Crippen molar-refractivity contribution < 1.29 is 12.8 Å². The summed E-state index contributed by atoms with van der Waals surface area (Å²) in [5.41, 5.74) is 5.81. The fraction of sp³-hybridized carbons (Fsp3) is 0.667. The minimum Gasteiger partial charge on any atom is -0.465 e. The highest BCUT2D eigenvalue weighted by atomic mass is 32.2. The molecule has 1 saturated carbocycles. The molecule has 6 heteroatoms. The maximum Gasteiger partial charge on any atom is 0.244 e. The summed E-state index contributed by atoms with van der Waals surface area (Å²) in [6, 6.07) is 1.76. The maximum absolute atomic E-state index is 12.2. The highest BCUT2D eigenvalue weighted by molar-refractivity contribution is 7.89. The van der Waals surface area contributed by atoms with E-state index in [2.05, 4.69) is 4.72 Å². The molecule has 0 aliphatic heterocycles. The Kier molecular flexibility index (Phi) is 3.79. The summed E-state index contributed by atoms with van der Waals surface area (Å²) in [5, 5.41) is 0. The molecule has 1 aliphatic rings. The van der Waals surface area contributed by atoms with Crippen molar-refractivity contribution in [2.24, 2.45) is 5.73 Å². The molecule has 2 rings (SSSR count). The summed E-state index contributed by atoms with van der Waals surface area (Å²) in [4.78, 5) is 0.245. The van der Waals surface area contributed by atoms with E-state index in [0.29, 0.717) is 11.5 Å². The van der Waals surface area contributed by atoms with Crippen molar-refractivity contribution in [3.05, 3.63) is 17.6 Å². The van der Waals surface area contributed by atoms with E-state index in [0.717, 1.165) is 25.7 Å².